The number of alkyl halides is 3. The number of likely N-dealkylation sites (tertiary alicyclic amines) is 2. The molecule has 0 unspecified atom stereocenters. The smallest absolute Gasteiger partial charge is 0.389 e. The van der Waals surface area contributed by atoms with E-state index in [1.54, 1.807) is 4.90 Å². The van der Waals surface area contributed by atoms with Crippen LogP contribution in [0.25, 0.3) is 0 Å². The fourth-order valence-corrected chi connectivity index (χ4v) is 4.90. The maximum atomic E-state index is 13.0. The number of fused-ring (bicyclic) bond motifs is 4. The molecule has 172 valence electrons. The van der Waals surface area contributed by atoms with E-state index in [-0.39, 0.29) is 23.9 Å². The molecule has 2 bridgehead atoms. The van der Waals surface area contributed by atoms with Gasteiger partial charge in [-0.1, -0.05) is 6.07 Å². The summed E-state index contributed by atoms with van der Waals surface area (Å²) in [5.41, 5.74) is 1.78. The lowest BCUT2D eigenvalue weighted by Gasteiger charge is -2.43. The van der Waals surface area contributed by atoms with Gasteiger partial charge < -0.3 is 14.6 Å². The number of pyridine rings is 1. The van der Waals surface area contributed by atoms with E-state index >= 15 is 0 Å². The monoisotopic (exact) mass is 443 g/mol. The minimum Gasteiger partial charge on any atom is -0.483 e. The van der Waals surface area contributed by atoms with E-state index in [0.717, 1.165) is 30.8 Å². The minimum atomic E-state index is -4.31. The van der Waals surface area contributed by atoms with E-state index in [2.05, 4.69) is 4.90 Å². The number of carboxylic acid groups (broad SMARTS) is 1. The fraction of sp³-hybridized carbons (Fsp3) is 0.667. The summed E-state index contributed by atoms with van der Waals surface area (Å²) in [5.74, 6) is -0.287. The zero-order valence-corrected chi connectivity index (χ0v) is 17.3. The summed E-state index contributed by atoms with van der Waals surface area (Å²) in [6.07, 6.45) is -2.65. The molecule has 1 amide bonds. The standard InChI is InChI=1S/C20H26F3N3O2.CH2O2/c21-20(22,23)6-5-18(27)25-10-14-9-16(13-25)17-4-3-15(19(28)26(17)11-14)12-24-7-1-2-8-24;2-1-3/h3-4,14,16H,1-2,5-13H2;1H,(H,2,3)/t14-,16+;/m0./s1. The molecule has 2 fully saturated rings. The molecular weight excluding hydrogens is 415 g/mol. The summed E-state index contributed by atoms with van der Waals surface area (Å²) in [5, 5.41) is 6.89. The molecule has 3 aliphatic rings. The van der Waals surface area contributed by atoms with Crippen LogP contribution in [0.2, 0.25) is 0 Å². The van der Waals surface area contributed by atoms with E-state index in [1.807, 2.05) is 16.7 Å². The Hall–Kier alpha value is -2.36. The van der Waals surface area contributed by atoms with Gasteiger partial charge in [-0.25, -0.2) is 0 Å². The summed E-state index contributed by atoms with van der Waals surface area (Å²) in [7, 11) is 0. The van der Waals surface area contributed by atoms with Gasteiger partial charge in [0.05, 0.1) is 6.42 Å². The van der Waals surface area contributed by atoms with Gasteiger partial charge in [-0.2, -0.15) is 13.2 Å². The van der Waals surface area contributed by atoms with Gasteiger partial charge in [-0.3, -0.25) is 19.3 Å². The average molecular weight is 443 g/mol. The maximum Gasteiger partial charge on any atom is 0.389 e. The van der Waals surface area contributed by atoms with E-state index < -0.39 is 24.9 Å². The fourth-order valence-electron chi connectivity index (χ4n) is 4.90. The van der Waals surface area contributed by atoms with Crippen molar-refractivity contribution in [2.45, 2.75) is 57.3 Å². The number of nitrogens with zero attached hydrogens (tertiary/aromatic N) is 3. The van der Waals surface area contributed by atoms with Crippen LogP contribution in [0.3, 0.4) is 0 Å². The molecule has 0 aliphatic carbocycles. The summed E-state index contributed by atoms with van der Waals surface area (Å²) in [4.78, 5) is 37.5. The number of hydrogen-bond donors (Lipinski definition) is 1. The zero-order valence-electron chi connectivity index (χ0n) is 17.3. The second-order valence-electron chi connectivity index (χ2n) is 8.50. The first-order chi connectivity index (χ1) is 14.7. The molecule has 0 spiro atoms. The van der Waals surface area contributed by atoms with Crippen molar-refractivity contribution in [2.75, 3.05) is 26.2 Å². The largest absolute Gasteiger partial charge is 0.483 e. The third kappa shape index (κ3) is 5.87. The van der Waals surface area contributed by atoms with Gasteiger partial charge >= 0.3 is 6.18 Å². The third-order valence-corrected chi connectivity index (χ3v) is 6.25. The lowest BCUT2D eigenvalue weighted by atomic mass is 9.82. The topological polar surface area (TPSA) is 82.9 Å². The molecule has 4 heterocycles. The van der Waals surface area contributed by atoms with Crippen LogP contribution in [0, 0.1) is 5.92 Å². The van der Waals surface area contributed by atoms with Crippen molar-refractivity contribution in [3.05, 3.63) is 33.7 Å². The molecule has 1 N–H and O–H groups in total. The highest BCUT2D eigenvalue weighted by molar-refractivity contribution is 5.76. The molecule has 1 aromatic rings. The molecule has 1 aromatic heterocycles. The van der Waals surface area contributed by atoms with Crippen LogP contribution < -0.4 is 5.56 Å². The molecule has 0 aromatic carbocycles. The van der Waals surface area contributed by atoms with Gasteiger partial charge in [0.15, 0.2) is 0 Å². The molecule has 31 heavy (non-hydrogen) atoms. The lowest BCUT2D eigenvalue weighted by molar-refractivity contribution is -0.150. The average Bonchev–Trinajstić information content (AvgIpc) is 3.22. The van der Waals surface area contributed by atoms with Gasteiger partial charge in [-0.05, 0) is 44.3 Å². The number of hydrogen-bond acceptors (Lipinski definition) is 4. The summed E-state index contributed by atoms with van der Waals surface area (Å²) in [6.45, 7) is 3.87. The number of halogens is 3. The van der Waals surface area contributed by atoms with Crippen molar-refractivity contribution in [3.63, 3.8) is 0 Å². The maximum absolute atomic E-state index is 13.0. The Morgan fingerprint density at radius 1 is 1.16 bits per heavy atom. The molecule has 10 heteroatoms. The quantitative estimate of drug-likeness (QED) is 0.723. The first-order valence-electron chi connectivity index (χ1n) is 10.6. The van der Waals surface area contributed by atoms with E-state index in [4.69, 9.17) is 9.90 Å². The van der Waals surface area contributed by atoms with Crippen molar-refractivity contribution < 1.29 is 27.9 Å². The van der Waals surface area contributed by atoms with Crippen LogP contribution in [0.4, 0.5) is 13.2 Å². The Morgan fingerprint density at radius 3 is 2.48 bits per heavy atom. The van der Waals surface area contributed by atoms with Gasteiger partial charge in [-0.15, -0.1) is 0 Å². The van der Waals surface area contributed by atoms with Crippen LogP contribution in [-0.4, -0.2) is 64.2 Å². The lowest BCUT2D eigenvalue weighted by Crippen LogP contribution is -2.49. The number of piperidine rings is 1. The molecule has 4 rings (SSSR count). The van der Waals surface area contributed by atoms with E-state index in [1.165, 1.54) is 12.8 Å². The summed E-state index contributed by atoms with van der Waals surface area (Å²) < 4.78 is 39.1. The number of rotatable bonds is 4. The van der Waals surface area contributed by atoms with Crippen molar-refractivity contribution in [1.29, 1.82) is 0 Å². The SMILES string of the molecule is O=C(CCC(F)(F)F)N1C[C@@H]2C[C@H](C1)c1ccc(CN3CCCC3)c(=O)n1C2.O=CO. The first-order valence-corrected chi connectivity index (χ1v) is 10.6. The Kier molecular flexibility index (Phi) is 7.40. The van der Waals surface area contributed by atoms with Crippen LogP contribution in [0.1, 0.15) is 49.3 Å². The van der Waals surface area contributed by atoms with Crippen LogP contribution in [-0.2, 0) is 22.7 Å². The van der Waals surface area contributed by atoms with Gasteiger partial charge in [0.25, 0.3) is 12.0 Å². The third-order valence-electron chi connectivity index (χ3n) is 6.25. The zero-order chi connectivity index (χ0) is 22.6. The highest BCUT2D eigenvalue weighted by atomic mass is 19.4. The second kappa shape index (κ2) is 9.84. The Bertz CT molecular complexity index is 849. The van der Waals surface area contributed by atoms with Crippen molar-refractivity contribution in [3.8, 4) is 0 Å². The molecule has 7 nitrogen and oxygen atoms in total. The van der Waals surface area contributed by atoms with Gasteiger partial charge in [0.2, 0.25) is 5.91 Å². The predicted molar refractivity (Wildman–Crippen MR) is 107 cm³/mol. The molecular formula is C21H28F3N3O4. The van der Waals surface area contributed by atoms with Crippen molar-refractivity contribution in [1.82, 2.24) is 14.4 Å². The molecule has 0 radical (unpaired) electrons. The van der Waals surface area contributed by atoms with Gasteiger partial charge in [0, 0.05) is 49.8 Å². The molecule has 2 saturated heterocycles. The normalized spacial score (nSPS) is 23.0. The minimum absolute atomic E-state index is 0.0240. The Labute approximate surface area is 178 Å². The first kappa shape index (κ1) is 23.3. The Balaban J connectivity index is 0.000000858. The second-order valence-corrected chi connectivity index (χ2v) is 8.50. The van der Waals surface area contributed by atoms with E-state index in [0.29, 0.717) is 26.2 Å². The number of carbonyl (C=O) groups is 2. The number of amides is 1. The molecule has 3 aliphatic heterocycles. The highest BCUT2D eigenvalue weighted by Gasteiger charge is 2.37. The number of carbonyl (C=O) groups excluding carboxylic acids is 1. The predicted octanol–water partition coefficient (Wildman–Crippen LogP) is 2.43. The van der Waals surface area contributed by atoms with Crippen LogP contribution >= 0.6 is 0 Å². The number of aromatic nitrogens is 1. The Morgan fingerprint density at radius 2 is 1.84 bits per heavy atom. The summed E-state index contributed by atoms with van der Waals surface area (Å²) >= 11 is 0. The van der Waals surface area contributed by atoms with Crippen molar-refractivity contribution >= 4 is 12.4 Å². The molecule has 2 atom stereocenters. The summed E-state index contributed by atoms with van der Waals surface area (Å²) in [6, 6.07) is 3.88. The van der Waals surface area contributed by atoms with Crippen LogP contribution in [0.5, 0.6) is 0 Å². The highest BCUT2D eigenvalue weighted by Crippen LogP contribution is 2.36. The van der Waals surface area contributed by atoms with Gasteiger partial charge in [0.1, 0.15) is 0 Å². The van der Waals surface area contributed by atoms with E-state index in [9.17, 15) is 22.8 Å². The molecule has 0 saturated carbocycles. The van der Waals surface area contributed by atoms with Crippen molar-refractivity contribution in [2.24, 2.45) is 5.92 Å². The van der Waals surface area contributed by atoms with Crippen LogP contribution in [0.15, 0.2) is 16.9 Å².